The van der Waals surface area contributed by atoms with Crippen molar-refractivity contribution in [3.8, 4) is 0 Å². The molecule has 0 radical (unpaired) electrons. The number of anilines is 1. The van der Waals surface area contributed by atoms with Crippen LogP contribution >= 0.6 is 0 Å². The van der Waals surface area contributed by atoms with E-state index in [9.17, 15) is 22.9 Å². The van der Waals surface area contributed by atoms with E-state index < -0.39 is 26.5 Å². The molecule has 0 aliphatic heterocycles. The van der Waals surface area contributed by atoms with Gasteiger partial charge in [0.2, 0.25) is 10.0 Å². The van der Waals surface area contributed by atoms with Crippen molar-refractivity contribution in [1.82, 2.24) is 0 Å². The van der Waals surface area contributed by atoms with Gasteiger partial charge in [-0.05, 0) is 29.8 Å². The zero-order valence-corrected chi connectivity index (χ0v) is 11.5. The zero-order valence-electron chi connectivity index (χ0n) is 10.7. The van der Waals surface area contributed by atoms with Crippen molar-refractivity contribution in [2.75, 3.05) is 4.72 Å². The minimum atomic E-state index is -3.74. The number of nitrogens with one attached hydrogen (secondary N) is 1. The highest BCUT2D eigenvalue weighted by Gasteiger charge is 2.14. The molecule has 0 heterocycles. The van der Waals surface area contributed by atoms with Crippen LogP contribution in [0.3, 0.4) is 0 Å². The fourth-order valence-electron chi connectivity index (χ4n) is 1.71. The van der Waals surface area contributed by atoms with E-state index in [1.165, 1.54) is 36.4 Å². The molecule has 0 amide bonds. The second-order valence-corrected chi connectivity index (χ2v) is 6.02. The monoisotopic (exact) mass is 310 g/mol. The molecule has 0 aromatic heterocycles. The second kappa shape index (κ2) is 5.88. The molecule has 0 fully saturated rings. The molecule has 6 nitrogen and oxygen atoms in total. The number of nitrogens with zero attached hydrogens (tertiary/aromatic N) is 1. The Hall–Kier alpha value is -2.48. The van der Waals surface area contributed by atoms with E-state index in [2.05, 4.69) is 4.72 Å². The van der Waals surface area contributed by atoms with E-state index in [-0.39, 0.29) is 11.4 Å². The topological polar surface area (TPSA) is 89.3 Å². The Labute approximate surface area is 120 Å². The van der Waals surface area contributed by atoms with Gasteiger partial charge in [0.15, 0.2) is 0 Å². The van der Waals surface area contributed by atoms with Crippen molar-refractivity contribution in [2.24, 2.45) is 0 Å². The minimum Gasteiger partial charge on any atom is -0.283 e. The van der Waals surface area contributed by atoms with Crippen LogP contribution in [0, 0.1) is 15.9 Å². The molecule has 0 spiro atoms. The van der Waals surface area contributed by atoms with Crippen molar-refractivity contribution < 1.29 is 17.7 Å². The Kier molecular flexibility index (Phi) is 4.18. The van der Waals surface area contributed by atoms with E-state index in [4.69, 9.17) is 0 Å². The van der Waals surface area contributed by atoms with Gasteiger partial charge in [-0.3, -0.25) is 14.8 Å². The number of nitro groups is 1. The second-order valence-electron chi connectivity index (χ2n) is 4.30. The average Bonchev–Trinajstić information content (AvgIpc) is 2.41. The summed E-state index contributed by atoms with van der Waals surface area (Å²) in [6.45, 7) is 0. The molecule has 0 aliphatic rings. The maximum absolute atomic E-state index is 12.7. The molecule has 1 N–H and O–H groups in total. The van der Waals surface area contributed by atoms with Crippen LogP contribution in [0.2, 0.25) is 0 Å². The van der Waals surface area contributed by atoms with E-state index in [0.29, 0.717) is 5.56 Å². The molecular weight excluding hydrogens is 299 g/mol. The molecule has 2 aromatic carbocycles. The van der Waals surface area contributed by atoms with Gasteiger partial charge in [-0.1, -0.05) is 12.1 Å². The van der Waals surface area contributed by atoms with Crippen LogP contribution in [0.25, 0.3) is 0 Å². The maximum Gasteiger partial charge on any atom is 0.269 e. The van der Waals surface area contributed by atoms with E-state index in [1.54, 1.807) is 0 Å². The Morgan fingerprint density at radius 1 is 1.14 bits per heavy atom. The predicted octanol–water partition coefficient (Wildman–Crippen LogP) is 2.68. The first kappa shape index (κ1) is 14.9. The van der Waals surface area contributed by atoms with Crippen molar-refractivity contribution in [2.45, 2.75) is 5.75 Å². The van der Waals surface area contributed by atoms with Gasteiger partial charge >= 0.3 is 0 Å². The summed E-state index contributed by atoms with van der Waals surface area (Å²) in [6, 6.07) is 10.2. The van der Waals surface area contributed by atoms with Crippen LogP contribution in [-0.4, -0.2) is 13.3 Å². The van der Waals surface area contributed by atoms with Gasteiger partial charge in [-0.15, -0.1) is 0 Å². The maximum atomic E-state index is 12.7. The normalized spacial score (nSPS) is 11.1. The van der Waals surface area contributed by atoms with Crippen molar-refractivity contribution in [3.05, 3.63) is 70.0 Å². The highest BCUT2D eigenvalue weighted by molar-refractivity contribution is 7.91. The van der Waals surface area contributed by atoms with Crippen LogP contribution in [0.1, 0.15) is 5.56 Å². The van der Waals surface area contributed by atoms with E-state index in [1.807, 2.05) is 0 Å². The van der Waals surface area contributed by atoms with Crippen molar-refractivity contribution in [3.63, 3.8) is 0 Å². The smallest absolute Gasteiger partial charge is 0.269 e. The third-order valence-corrected chi connectivity index (χ3v) is 3.86. The summed E-state index contributed by atoms with van der Waals surface area (Å²) in [7, 11) is -3.74. The number of hydrogen-bond donors (Lipinski definition) is 1. The molecule has 0 saturated carbocycles. The number of benzene rings is 2. The molecule has 110 valence electrons. The number of rotatable bonds is 5. The number of non-ortho nitro benzene ring substituents is 1. The zero-order chi connectivity index (χ0) is 15.5. The lowest BCUT2D eigenvalue weighted by Gasteiger charge is -2.08. The van der Waals surface area contributed by atoms with Gasteiger partial charge < -0.3 is 0 Å². The number of nitro benzene ring substituents is 1. The van der Waals surface area contributed by atoms with Gasteiger partial charge in [-0.25, -0.2) is 12.8 Å². The molecule has 0 aliphatic carbocycles. The first-order valence-electron chi connectivity index (χ1n) is 5.85. The van der Waals surface area contributed by atoms with Gasteiger partial charge in [0.25, 0.3) is 5.69 Å². The van der Waals surface area contributed by atoms with Gasteiger partial charge in [-0.2, -0.15) is 0 Å². The van der Waals surface area contributed by atoms with Crippen LogP contribution in [0.15, 0.2) is 48.5 Å². The van der Waals surface area contributed by atoms with E-state index >= 15 is 0 Å². The third kappa shape index (κ3) is 4.25. The average molecular weight is 310 g/mol. The number of halogens is 1. The van der Waals surface area contributed by atoms with Crippen LogP contribution in [-0.2, 0) is 15.8 Å². The Morgan fingerprint density at radius 2 is 1.81 bits per heavy atom. The van der Waals surface area contributed by atoms with Crippen LogP contribution in [0.4, 0.5) is 15.8 Å². The first-order valence-corrected chi connectivity index (χ1v) is 7.50. The largest absolute Gasteiger partial charge is 0.283 e. The molecule has 0 atom stereocenters. The lowest BCUT2D eigenvalue weighted by atomic mass is 10.2. The van der Waals surface area contributed by atoms with Gasteiger partial charge in [0, 0.05) is 17.8 Å². The number of hydrogen-bond acceptors (Lipinski definition) is 4. The lowest BCUT2D eigenvalue weighted by molar-refractivity contribution is -0.384. The summed E-state index contributed by atoms with van der Waals surface area (Å²) in [5.41, 5.74) is 0.338. The van der Waals surface area contributed by atoms with Crippen LogP contribution < -0.4 is 4.72 Å². The molecule has 2 aromatic rings. The summed E-state index contributed by atoms with van der Waals surface area (Å²) in [5, 5.41) is 10.6. The first-order chi connectivity index (χ1) is 9.85. The molecule has 0 saturated heterocycles. The van der Waals surface area contributed by atoms with Crippen molar-refractivity contribution >= 4 is 21.4 Å². The Morgan fingerprint density at radius 3 is 2.43 bits per heavy atom. The predicted molar refractivity (Wildman–Crippen MR) is 75.7 cm³/mol. The third-order valence-electron chi connectivity index (χ3n) is 2.60. The summed E-state index contributed by atoms with van der Waals surface area (Å²) in [4.78, 5) is 10.1. The van der Waals surface area contributed by atoms with Gasteiger partial charge in [0.05, 0.1) is 10.7 Å². The molecule has 0 unspecified atom stereocenters. The Bertz CT molecular complexity index is 760. The summed E-state index contributed by atoms with van der Waals surface area (Å²) < 4.78 is 38.9. The fourth-order valence-corrected chi connectivity index (χ4v) is 2.90. The minimum absolute atomic E-state index is 0.176. The highest BCUT2D eigenvalue weighted by atomic mass is 32.2. The van der Waals surface area contributed by atoms with Crippen LogP contribution in [0.5, 0.6) is 0 Å². The summed E-state index contributed by atoms with van der Waals surface area (Å²) >= 11 is 0. The summed E-state index contributed by atoms with van der Waals surface area (Å²) in [6.07, 6.45) is 0. The molecule has 0 bridgehead atoms. The fraction of sp³-hybridized carbons (Fsp3) is 0.0769. The van der Waals surface area contributed by atoms with Gasteiger partial charge in [0.1, 0.15) is 5.82 Å². The molecular formula is C13H11FN2O4S. The summed E-state index contributed by atoms with van der Waals surface area (Å²) in [5.74, 6) is -0.886. The Balaban J connectivity index is 2.15. The SMILES string of the molecule is O=[N+]([O-])c1cccc(CS(=O)(=O)Nc2ccc(F)cc2)c1. The van der Waals surface area contributed by atoms with E-state index in [0.717, 1.165) is 12.1 Å². The molecule has 21 heavy (non-hydrogen) atoms. The molecule has 8 heteroatoms. The lowest BCUT2D eigenvalue weighted by Crippen LogP contribution is -2.15. The number of sulfonamides is 1. The van der Waals surface area contributed by atoms with Crippen molar-refractivity contribution in [1.29, 1.82) is 0 Å². The quantitative estimate of drug-likeness (QED) is 0.679. The standard InChI is InChI=1S/C13H11FN2O4S/c14-11-4-6-12(7-5-11)15-21(19,20)9-10-2-1-3-13(8-10)16(17)18/h1-8,15H,9H2. The molecule has 2 rings (SSSR count). The highest BCUT2D eigenvalue weighted by Crippen LogP contribution is 2.17.